The number of hydrogen-bond donors (Lipinski definition) is 0. The maximum Gasteiger partial charge on any atom is 0.221 e. The van der Waals surface area contributed by atoms with E-state index in [0.29, 0.717) is 11.0 Å². The molecule has 0 aliphatic rings. The fourth-order valence-electron chi connectivity index (χ4n) is 1.10. The normalized spacial score (nSPS) is 11.6. The first-order chi connectivity index (χ1) is 7.39. The van der Waals surface area contributed by atoms with Crippen LogP contribution in [0.5, 0.6) is 5.88 Å². The smallest absolute Gasteiger partial charge is 0.221 e. The molecule has 1 aromatic rings. The van der Waals surface area contributed by atoms with Crippen LogP contribution in [0.15, 0.2) is 0 Å². The van der Waals surface area contributed by atoms with Crippen molar-refractivity contribution in [3.63, 3.8) is 0 Å². The second-order valence-corrected chi connectivity index (χ2v) is 4.79. The minimum Gasteiger partial charge on any atom is -0.471 e. The van der Waals surface area contributed by atoms with E-state index in [2.05, 4.69) is 16.9 Å². The molecule has 0 saturated carbocycles. The van der Waals surface area contributed by atoms with Crippen molar-refractivity contribution in [3.05, 3.63) is 16.5 Å². The Kier molecular flexibility index (Phi) is 4.14. The molecule has 0 fully saturated rings. The van der Waals surface area contributed by atoms with Crippen molar-refractivity contribution < 1.29 is 4.74 Å². The van der Waals surface area contributed by atoms with E-state index >= 15 is 0 Å². The van der Waals surface area contributed by atoms with Gasteiger partial charge in [0.1, 0.15) is 16.6 Å². The van der Waals surface area contributed by atoms with E-state index in [-0.39, 0.29) is 5.60 Å². The van der Waals surface area contributed by atoms with Gasteiger partial charge in [0.2, 0.25) is 5.88 Å². The summed E-state index contributed by atoms with van der Waals surface area (Å²) in [5.74, 6) is 1.32. The highest BCUT2D eigenvalue weighted by atomic mass is 35.5. The summed E-state index contributed by atoms with van der Waals surface area (Å²) in [6.45, 7) is 10.0. The number of aromatic nitrogens is 2. The van der Waals surface area contributed by atoms with Crippen LogP contribution in [0.3, 0.4) is 0 Å². The van der Waals surface area contributed by atoms with Crippen molar-refractivity contribution in [1.29, 1.82) is 0 Å². The number of ether oxygens (including phenoxy) is 1. The molecule has 0 amide bonds. The first-order valence-corrected chi connectivity index (χ1v) is 5.99. The van der Waals surface area contributed by atoms with Gasteiger partial charge in [-0.05, 0) is 27.2 Å². The molecular weight excluding hydrogens is 224 g/mol. The second-order valence-electron chi connectivity index (χ2n) is 4.43. The number of halogens is 1. The Balaban J connectivity index is 3.08. The zero-order valence-corrected chi connectivity index (χ0v) is 11.4. The Bertz CT molecular complexity index is 378. The highest BCUT2D eigenvalue weighted by Gasteiger charge is 2.20. The standard InChI is InChI=1S/C12H19ClN2O/c1-6-9-14-10(13)8(3)11(15-9)16-12(4,5)7-2/h6-7H2,1-5H3. The monoisotopic (exact) mass is 242 g/mol. The summed E-state index contributed by atoms with van der Waals surface area (Å²) in [4.78, 5) is 8.55. The van der Waals surface area contributed by atoms with Gasteiger partial charge in [-0.15, -0.1) is 0 Å². The van der Waals surface area contributed by atoms with Gasteiger partial charge in [-0.25, -0.2) is 4.98 Å². The van der Waals surface area contributed by atoms with E-state index in [1.165, 1.54) is 0 Å². The van der Waals surface area contributed by atoms with Crippen LogP contribution in [-0.4, -0.2) is 15.6 Å². The molecule has 0 bridgehead atoms. The minimum absolute atomic E-state index is 0.229. The molecule has 1 aromatic heterocycles. The average molecular weight is 243 g/mol. The number of hydrogen-bond acceptors (Lipinski definition) is 3. The summed E-state index contributed by atoms with van der Waals surface area (Å²) in [7, 11) is 0. The molecule has 0 aliphatic heterocycles. The van der Waals surface area contributed by atoms with Gasteiger partial charge in [-0.1, -0.05) is 25.4 Å². The predicted octanol–water partition coefficient (Wildman–Crippen LogP) is 3.57. The van der Waals surface area contributed by atoms with Crippen molar-refractivity contribution >= 4 is 11.6 Å². The summed E-state index contributed by atoms with van der Waals surface area (Å²) in [6, 6.07) is 0. The fourth-order valence-corrected chi connectivity index (χ4v) is 1.28. The zero-order chi connectivity index (χ0) is 12.3. The van der Waals surface area contributed by atoms with E-state index in [1.54, 1.807) is 0 Å². The van der Waals surface area contributed by atoms with Gasteiger partial charge in [-0.3, -0.25) is 0 Å². The number of rotatable bonds is 4. The quantitative estimate of drug-likeness (QED) is 0.758. The van der Waals surface area contributed by atoms with Gasteiger partial charge in [0.05, 0.1) is 0 Å². The fraction of sp³-hybridized carbons (Fsp3) is 0.667. The van der Waals surface area contributed by atoms with Crippen LogP contribution in [0.2, 0.25) is 5.15 Å². The Morgan fingerprint density at radius 2 is 1.88 bits per heavy atom. The molecule has 0 atom stereocenters. The second kappa shape index (κ2) is 5.00. The maximum absolute atomic E-state index is 6.04. The lowest BCUT2D eigenvalue weighted by Gasteiger charge is -2.25. The van der Waals surface area contributed by atoms with E-state index in [1.807, 2.05) is 27.7 Å². The first-order valence-electron chi connectivity index (χ1n) is 5.61. The summed E-state index contributed by atoms with van der Waals surface area (Å²) in [5, 5.41) is 0.480. The Labute approximate surface area is 102 Å². The molecule has 0 aliphatic carbocycles. The molecule has 1 heterocycles. The molecule has 3 nitrogen and oxygen atoms in total. The molecule has 0 N–H and O–H groups in total. The summed E-state index contributed by atoms with van der Waals surface area (Å²) in [5.41, 5.74) is 0.577. The molecule has 0 aromatic carbocycles. The molecule has 90 valence electrons. The highest BCUT2D eigenvalue weighted by Crippen LogP contribution is 2.26. The topological polar surface area (TPSA) is 35.0 Å². The van der Waals surface area contributed by atoms with Crippen LogP contribution >= 0.6 is 11.6 Å². The Morgan fingerprint density at radius 1 is 1.25 bits per heavy atom. The average Bonchev–Trinajstić information content (AvgIpc) is 2.24. The van der Waals surface area contributed by atoms with Crippen LogP contribution < -0.4 is 4.74 Å². The zero-order valence-electron chi connectivity index (χ0n) is 10.6. The lowest BCUT2D eigenvalue weighted by molar-refractivity contribution is 0.0974. The Morgan fingerprint density at radius 3 is 2.38 bits per heavy atom. The highest BCUT2D eigenvalue weighted by molar-refractivity contribution is 6.30. The minimum atomic E-state index is -0.229. The SMILES string of the molecule is CCc1nc(Cl)c(C)c(OC(C)(C)CC)n1. The summed E-state index contributed by atoms with van der Waals surface area (Å²) in [6.07, 6.45) is 1.67. The molecular formula is C12H19ClN2O. The first kappa shape index (κ1) is 13.2. The van der Waals surface area contributed by atoms with E-state index in [0.717, 1.165) is 24.2 Å². The molecule has 0 unspecified atom stereocenters. The maximum atomic E-state index is 6.04. The molecule has 0 spiro atoms. The van der Waals surface area contributed by atoms with E-state index in [4.69, 9.17) is 16.3 Å². The van der Waals surface area contributed by atoms with Crippen LogP contribution in [0.4, 0.5) is 0 Å². The van der Waals surface area contributed by atoms with Crippen molar-refractivity contribution in [1.82, 2.24) is 9.97 Å². The largest absolute Gasteiger partial charge is 0.471 e. The van der Waals surface area contributed by atoms with Crippen molar-refractivity contribution in [2.75, 3.05) is 0 Å². The third kappa shape index (κ3) is 3.08. The van der Waals surface area contributed by atoms with Gasteiger partial charge in [0.15, 0.2) is 0 Å². The molecule has 4 heteroatoms. The van der Waals surface area contributed by atoms with Gasteiger partial charge in [-0.2, -0.15) is 4.98 Å². The Hall–Kier alpha value is -0.830. The van der Waals surface area contributed by atoms with Crippen LogP contribution in [0.1, 0.15) is 45.5 Å². The van der Waals surface area contributed by atoms with Gasteiger partial charge < -0.3 is 4.74 Å². The van der Waals surface area contributed by atoms with Crippen LogP contribution in [0.25, 0.3) is 0 Å². The lowest BCUT2D eigenvalue weighted by atomic mass is 10.1. The van der Waals surface area contributed by atoms with Gasteiger partial charge >= 0.3 is 0 Å². The summed E-state index contributed by atoms with van der Waals surface area (Å²) < 4.78 is 5.87. The van der Waals surface area contributed by atoms with E-state index < -0.39 is 0 Å². The lowest BCUT2D eigenvalue weighted by Crippen LogP contribution is -2.28. The van der Waals surface area contributed by atoms with Crippen molar-refractivity contribution in [2.24, 2.45) is 0 Å². The van der Waals surface area contributed by atoms with Crippen molar-refractivity contribution in [3.8, 4) is 5.88 Å². The molecule has 1 rings (SSSR count). The van der Waals surface area contributed by atoms with E-state index in [9.17, 15) is 0 Å². The molecule has 0 radical (unpaired) electrons. The predicted molar refractivity (Wildman–Crippen MR) is 66.2 cm³/mol. The third-order valence-electron chi connectivity index (χ3n) is 2.63. The van der Waals surface area contributed by atoms with Crippen LogP contribution in [0, 0.1) is 6.92 Å². The van der Waals surface area contributed by atoms with Crippen molar-refractivity contribution in [2.45, 2.75) is 53.1 Å². The molecule has 0 saturated heterocycles. The van der Waals surface area contributed by atoms with Gasteiger partial charge in [0, 0.05) is 12.0 Å². The third-order valence-corrected chi connectivity index (χ3v) is 3.00. The van der Waals surface area contributed by atoms with Crippen LogP contribution in [-0.2, 0) is 6.42 Å². The van der Waals surface area contributed by atoms with Gasteiger partial charge in [0.25, 0.3) is 0 Å². The molecule has 16 heavy (non-hydrogen) atoms. The number of aryl methyl sites for hydroxylation is 1. The number of nitrogens with zero attached hydrogens (tertiary/aromatic N) is 2. The summed E-state index contributed by atoms with van der Waals surface area (Å²) >= 11 is 6.04.